The van der Waals surface area contributed by atoms with Gasteiger partial charge in [0, 0.05) is 42.6 Å². The van der Waals surface area contributed by atoms with E-state index in [0.29, 0.717) is 18.7 Å². The number of nitrogens with one attached hydrogen (secondary N) is 2. The molecule has 0 radical (unpaired) electrons. The maximum absolute atomic E-state index is 13.5. The smallest absolute Gasteiger partial charge is 0.252 e. The molecule has 42 heavy (non-hydrogen) atoms. The van der Waals surface area contributed by atoms with Crippen LogP contribution in [0.3, 0.4) is 0 Å². The van der Waals surface area contributed by atoms with Gasteiger partial charge < -0.3 is 10.3 Å². The fraction of sp³-hybridized carbons (Fsp3) is 0.286. The summed E-state index contributed by atoms with van der Waals surface area (Å²) in [5.41, 5.74) is 4.93. The minimum absolute atomic E-state index is 0.122. The number of pyridine rings is 1. The normalized spacial score (nSPS) is 12.2. The molecule has 0 bridgehead atoms. The molecule has 5 rings (SSSR count). The van der Waals surface area contributed by atoms with Crippen molar-refractivity contribution in [2.24, 2.45) is 0 Å². The molecule has 0 aliphatic heterocycles. The van der Waals surface area contributed by atoms with E-state index in [-0.39, 0.29) is 5.91 Å². The van der Waals surface area contributed by atoms with Crippen molar-refractivity contribution in [1.29, 1.82) is 0 Å². The minimum Gasteiger partial charge on any atom is -0.348 e. The lowest BCUT2D eigenvalue weighted by atomic mass is 10.1. The Bertz CT molecular complexity index is 1530. The number of para-hydroxylation sites is 1. The van der Waals surface area contributed by atoms with Crippen LogP contribution < -0.4 is 5.32 Å². The predicted octanol–water partition coefficient (Wildman–Crippen LogP) is 6.71. The number of aromatic amines is 1. The number of fused-ring (bicyclic) bond motifs is 1. The highest BCUT2D eigenvalue weighted by Crippen LogP contribution is 2.25. The summed E-state index contributed by atoms with van der Waals surface area (Å²) in [5, 5.41) is 4.42. The van der Waals surface area contributed by atoms with Gasteiger partial charge in [0.2, 0.25) is 0 Å². The van der Waals surface area contributed by atoms with E-state index in [9.17, 15) is 4.79 Å². The zero-order valence-corrected chi connectivity index (χ0v) is 24.5. The summed E-state index contributed by atoms with van der Waals surface area (Å²) in [6, 6.07) is 28.4. The molecule has 0 saturated heterocycles. The molecule has 7 nitrogen and oxygen atoms in total. The van der Waals surface area contributed by atoms with E-state index < -0.39 is 6.17 Å². The number of imidazole rings is 1. The number of aromatic nitrogens is 3. The molecule has 0 saturated carbocycles. The maximum Gasteiger partial charge on any atom is 0.252 e. The van der Waals surface area contributed by atoms with Crippen LogP contribution in [-0.4, -0.2) is 43.7 Å². The lowest BCUT2D eigenvalue weighted by molar-refractivity contribution is 0.0816. The third-order valence-electron chi connectivity index (χ3n) is 7.39. The van der Waals surface area contributed by atoms with Crippen LogP contribution in [0.4, 0.5) is 0 Å². The molecule has 0 aliphatic rings. The van der Waals surface area contributed by atoms with Crippen molar-refractivity contribution in [2.45, 2.75) is 52.5 Å². The van der Waals surface area contributed by atoms with Crippen molar-refractivity contribution in [1.82, 2.24) is 30.1 Å². The molecule has 1 atom stereocenters. The van der Waals surface area contributed by atoms with Crippen LogP contribution in [0.5, 0.6) is 0 Å². The van der Waals surface area contributed by atoms with Gasteiger partial charge in [-0.05, 0) is 66.9 Å². The largest absolute Gasteiger partial charge is 0.348 e. The number of amides is 1. The highest BCUT2D eigenvalue weighted by atomic mass is 16.1. The third-order valence-corrected chi connectivity index (χ3v) is 7.39. The molecule has 1 amide bonds. The lowest BCUT2D eigenvalue weighted by Gasteiger charge is -2.32. The van der Waals surface area contributed by atoms with Crippen LogP contribution in [-0.2, 0) is 19.6 Å². The fourth-order valence-corrected chi connectivity index (χ4v) is 5.40. The zero-order chi connectivity index (χ0) is 29.1. The number of nitrogens with zero attached hydrogens (tertiary/aromatic N) is 4. The summed E-state index contributed by atoms with van der Waals surface area (Å²) < 4.78 is 0. The number of benzene rings is 3. The summed E-state index contributed by atoms with van der Waals surface area (Å²) >= 11 is 0. The molecule has 3 aromatic carbocycles. The second-order valence-electron chi connectivity index (χ2n) is 10.7. The van der Waals surface area contributed by atoms with E-state index in [2.05, 4.69) is 75.3 Å². The van der Waals surface area contributed by atoms with E-state index in [1.807, 2.05) is 60.9 Å². The van der Waals surface area contributed by atoms with Crippen LogP contribution in [0.1, 0.15) is 65.7 Å². The van der Waals surface area contributed by atoms with Crippen LogP contribution in [0.25, 0.3) is 10.9 Å². The topological polar surface area (TPSA) is 77.2 Å². The number of carbonyl (C=O) groups excluding carboxylic acids is 1. The van der Waals surface area contributed by atoms with Crippen LogP contribution in [0, 0.1) is 0 Å². The molecule has 2 aromatic heterocycles. The monoisotopic (exact) mass is 560 g/mol. The van der Waals surface area contributed by atoms with Gasteiger partial charge in [0.05, 0.1) is 12.1 Å². The molecule has 2 N–H and O–H groups in total. The van der Waals surface area contributed by atoms with Gasteiger partial charge in [0.15, 0.2) is 0 Å². The van der Waals surface area contributed by atoms with Gasteiger partial charge >= 0.3 is 0 Å². The van der Waals surface area contributed by atoms with E-state index >= 15 is 0 Å². The second-order valence-corrected chi connectivity index (χ2v) is 10.7. The Morgan fingerprint density at radius 3 is 2.29 bits per heavy atom. The van der Waals surface area contributed by atoms with Gasteiger partial charge in [-0.2, -0.15) is 0 Å². The quantitative estimate of drug-likeness (QED) is 0.148. The average molecular weight is 561 g/mol. The highest BCUT2D eigenvalue weighted by Gasteiger charge is 2.25. The van der Waals surface area contributed by atoms with Crippen molar-refractivity contribution in [3.8, 4) is 0 Å². The number of carbonyl (C=O) groups is 1. The van der Waals surface area contributed by atoms with E-state index in [4.69, 9.17) is 4.98 Å². The average Bonchev–Trinajstić information content (AvgIpc) is 3.54. The molecule has 0 spiro atoms. The van der Waals surface area contributed by atoms with Gasteiger partial charge in [-0.3, -0.25) is 19.6 Å². The summed E-state index contributed by atoms with van der Waals surface area (Å²) in [6.07, 6.45) is 7.39. The molecule has 0 aliphatic carbocycles. The first kappa shape index (κ1) is 29.2. The predicted molar refractivity (Wildman–Crippen MR) is 169 cm³/mol. The van der Waals surface area contributed by atoms with Gasteiger partial charge in [-0.25, -0.2) is 4.98 Å². The van der Waals surface area contributed by atoms with Crippen molar-refractivity contribution in [3.63, 3.8) is 0 Å². The zero-order valence-electron chi connectivity index (χ0n) is 24.5. The van der Waals surface area contributed by atoms with E-state index in [1.165, 1.54) is 5.56 Å². The molecule has 7 heteroatoms. The van der Waals surface area contributed by atoms with E-state index in [0.717, 1.165) is 60.3 Å². The molecule has 216 valence electrons. The Morgan fingerprint density at radius 1 is 0.833 bits per heavy atom. The van der Waals surface area contributed by atoms with Gasteiger partial charge in [0.1, 0.15) is 12.0 Å². The summed E-state index contributed by atoms with van der Waals surface area (Å²) in [7, 11) is 0. The Hall–Kier alpha value is -4.33. The third kappa shape index (κ3) is 7.69. The molecular formula is C35H40N6O. The molecular weight excluding hydrogens is 520 g/mol. The Morgan fingerprint density at radius 2 is 1.57 bits per heavy atom. The summed E-state index contributed by atoms with van der Waals surface area (Å²) in [5.74, 6) is 0.705. The SMILES string of the molecule is CCCN(CCC)Cc1ccc(C(NC(=O)c2ccccc2)N(Cc2cnc3ccccc3c2)Cc2ncc[nH]2)cc1. The van der Waals surface area contributed by atoms with Crippen LogP contribution in [0.2, 0.25) is 0 Å². The fourth-order valence-electron chi connectivity index (χ4n) is 5.40. The first-order chi connectivity index (χ1) is 20.6. The molecule has 1 unspecified atom stereocenters. The van der Waals surface area contributed by atoms with E-state index in [1.54, 1.807) is 6.20 Å². The van der Waals surface area contributed by atoms with Gasteiger partial charge in [0.25, 0.3) is 5.91 Å². The summed E-state index contributed by atoms with van der Waals surface area (Å²) in [6.45, 7) is 8.63. The first-order valence-corrected chi connectivity index (χ1v) is 14.9. The molecule has 0 fully saturated rings. The lowest BCUT2D eigenvalue weighted by Crippen LogP contribution is -2.41. The van der Waals surface area contributed by atoms with Crippen LogP contribution in [0.15, 0.2) is 104 Å². The van der Waals surface area contributed by atoms with Crippen molar-refractivity contribution in [3.05, 3.63) is 132 Å². The standard InChI is InChI=1S/C35H40N6O/c1-3-20-40(21-4-2)24-27-14-16-29(17-15-27)34(39-35(42)30-10-6-5-7-11-30)41(26-33-36-18-19-37-33)25-28-22-31-12-8-9-13-32(31)38-23-28/h5-19,22-23,34H,3-4,20-21,24-26H2,1-2H3,(H,36,37)(H,39,42). The number of hydrogen-bond acceptors (Lipinski definition) is 5. The summed E-state index contributed by atoms with van der Waals surface area (Å²) in [4.78, 5) is 30.7. The van der Waals surface area contributed by atoms with Crippen molar-refractivity contribution in [2.75, 3.05) is 13.1 Å². The van der Waals surface area contributed by atoms with Gasteiger partial charge in [-0.15, -0.1) is 0 Å². The molecule has 2 heterocycles. The highest BCUT2D eigenvalue weighted by molar-refractivity contribution is 5.94. The maximum atomic E-state index is 13.5. The Kier molecular flexibility index (Phi) is 10.1. The second kappa shape index (κ2) is 14.5. The number of H-pyrrole nitrogens is 1. The Balaban J connectivity index is 1.48. The van der Waals surface area contributed by atoms with Crippen molar-refractivity contribution < 1.29 is 4.79 Å². The number of hydrogen-bond donors (Lipinski definition) is 2. The van der Waals surface area contributed by atoms with Crippen LogP contribution >= 0.6 is 0 Å². The molecule has 5 aromatic rings. The first-order valence-electron chi connectivity index (χ1n) is 14.9. The minimum atomic E-state index is -0.397. The van der Waals surface area contributed by atoms with Crippen molar-refractivity contribution >= 4 is 16.8 Å². The number of rotatable bonds is 14. The van der Waals surface area contributed by atoms with Gasteiger partial charge in [-0.1, -0.05) is 74.5 Å². The Labute approximate surface area is 248 Å².